The van der Waals surface area contributed by atoms with E-state index < -0.39 is 0 Å². The standard InChI is InChI=1S/C23H30N4O2/c1-29-20-9-7-19(8-10-20)21-11-12-22(25-24-21)26-13-15-27(16-14-26)23(28)17-18-5-3-2-4-6-18/h7-12,18H,2-6,13-17H2,1H3. The van der Waals surface area contributed by atoms with E-state index in [-0.39, 0.29) is 0 Å². The molecule has 1 saturated carbocycles. The number of piperazine rings is 1. The first-order valence-corrected chi connectivity index (χ1v) is 10.7. The van der Waals surface area contributed by atoms with Crippen molar-refractivity contribution in [2.24, 2.45) is 5.92 Å². The van der Waals surface area contributed by atoms with E-state index in [0.29, 0.717) is 11.8 Å². The lowest BCUT2D eigenvalue weighted by atomic mass is 9.86. The normalized spacial score (nSPS) is 18.0. The fourth-order valence-electron chi connectivity index (χ4n) is 4.36. The van der Waals surface area contributed by atoms with Crippen molar-refractivity contribution < 1.29 is 9.53 Å². The van der Waals surface area contributed by atoms with E-state index in [1.807, 2.05) is 41.3 Å². The van der Waals surface area contributed by atoms with Crippen LogP contribution in [0.3, 0.4) is 0 Å². The molecule has 0 radical (unpaired) electrons. The fourth-order valence-corrected chi connectivity index (χ4v) is 4.36. The molecule has 0 unspecified atom stereocenters. The minimum atomic E-state index is 0.331. The summed E-state index contributed by atoms with van der Waals surface area (Å²) < 4.78 is 5.20. The van der Waals surface area contributed by atoms with Gasteiger partial charge in [-0.25, -0.2) is 0 Å². The van der Waals surface area contributed by atoms with E-state index in [1.54, 1.807) is 7.11 Å². The van der Waals surface area contributed by atoms with E-state index in [4.69, 9.17) is 4.74 Å². The maximum absolute atomic E-state index is 12.6. The first kappa shape index (κ1) is 19.7. The van der Waals surface area contributed by atoms with Gasteiger partial charge in [0.2, 0.25) is 5.91 Å². The summed E-state index contributed by atoms with van der Waals surface area (Å²) in [7, 11) is 1.66. The highest BCUT2D eigenvalue weighted by molar-refractivity contribution is 5.76. The summed E-state index contributed by atoms with van der Waals surface area (Å²) >= 11 is 0. The zero-order valence-corrected chi connectivity index (χ0v) is 17.2. The van der Waals surface area contributed by atoms with Gasteiger partial charge < -0.3 is 14.5 Å². The van der Waals surface area contributed by atoms with Gasteiger partial charge >= 0.3 is 0 Å². The molecule has 2 aliphatic rings. The monoisotopic (exact) mass is 394 g/mol. The second kappa shape index (κ2) is 9.25. The summed E-state index contributed by atoms with van der Waals surface area (Å²) in [5.74, 6) is 2.64. The lowest BCUT2D eigenvalue weighted by Crippen LogP contribution is -2.49. The number of hydrogen-bond acceptors (Lipinski definition) is 5. The van der Waals surface area contributed by atoms with Crippen molar-refractivity contribution >= 4 is 11.7 Å². The van der Waals surface area contributed by atoms with Crippen LogP contribution in [0, 0.1) is 5.92 Å². The number of ether oxygens (including phenoxy) is 1. The molecule has 1 aromatic heterocycles. The Bertz CT molecular complexity index is 793. The van der Waals surface area contributed by atoms with Crippen LogP contribution in [0.2, 0.25) is 0 Å². The summed E-state index contributed by atoms with van der Waals surface area (Å²) in [4.78, 5) is 16.9. The molecule has 1 saturated heterocycles. The van der Waals surface area contributed by atoms with Crippen molar-refractivity contribution in [2.45, 2.75) is 38.5 Å². The van der Waals surface area contributed by atoms with Crippen LogP contribution in [-0.4, -0.2) is 54.3 Å². The molecule has 0 bridgehead atoms. The van der Waals surface area contributed by atoms with E-state index in [9.17, 15) is 4.79 Å². The molecule has 0 spiro atoms. The Labute approximate surface area is 172 Å². The molecule has 29 heavy (non-hydrogen) atoms. The van der Waals surface area contributed by atoms with Crippen LogP contribution in [0.15, 0.2) is 36.4 Å². The van der Waals surface area contributed by atoms with Crippen molar-refractivity contribution in [2.75, 3.05) is 38.2 Å². The second-order valence-electron chi connectivity index (χ2n) is 8.08. The lowest BCUT2D eigenvalue weighted by Gasteiger charge is -2.36. The molecular formula is C23H30N4O2. The highest BCUT2D eigenvalue weighted by atomic mass is 16.5. The van der Waals surface area contributed by atoms with E-state index in [2.05, 4.69) is 15.1 Å². The Morgan fingerprint density at radius 1 is 0.966 bits per heavy atom. The van der Waals surface area contributed by atoms with Crippen LogP contribution in [0.25, 0.3) is 11.3 Å². The molecule has 0 atom stereocenters. The molecule has 1 amide bonds. The number of carbonyl (C=O) groups excluding carboxylic acids is 1. The van der Waals surface area contributed by atoms with Crippen molar-refractivity contribution in [3.05, 3.63) is 36.4 Å². The van der Waals surface area contributed by atoms with Crippen molar-refractivity contribution in [3.8, 4) is 17.0 Å². The number of amides is 1. The predicted molar refractivity (Wildman–Crippen MR) is 114 cm³/mol. The number of aromatic nitrogens is 2. The van der Waals surface area contributed by atoms with Gasteiger partial charge in [0.05, 0.1) is 12.8 Å². The molecule has 0 N–H and O–H groups in total. The van der Waals surface area contributed by atoms with Crippen molar-refractivity contribution in [1.29, 1.82) is 0 Å². The second-order valence-corrected chi connectivity index (χ2v) is 8.08. The highest BCUT2D eigenvalue weighted by Crippen LogP contribution is 2.27. The smallest absolute Gasteiger partial charge is 0.222 e. The van der Waals surface area contributed by atoms with E-state index in [1.165, 1.54) is 32.1 Å². The number of rotatable bonds is 5. The molecule has 1 aliphatic heterocycles. The molecule has 2 aromatic rings. The zero-order valence-electron chi connectivity index (χ0n) is 17.2. The van der Waals surface area contributed by atoms with Crippen LogP contribution in [-0.2, 0) is 4.79 Å². The Morgan fingerprint density at radius 2 is 1.69 bits per heavy atom. The Hall–Kier alpha value is -2.63. The molecule has 154 valence electrons. The third-order valence-corrected chi connectivity index (χ3v) is 6.18. The summed E-state index contributed by atoms with van der Waals surface area (Å²) in [6, 6.07) is 11.8. The zero-order chi connectivity index (χ0) is 20.1. The number of nitrogens with zero attached hydrogens (tertiary/aromatic N) is 4. The summed E-state index contributed by atoms with van der Waals surface area (Å²) in [6.07, 6.45) is 7.09. The molecule has 4 rings (SSSR count). The first-order valence-electron chi connectivity index (χ1n) is 10.7. The molecule has 2 heterocycles. The molecule has 1 aromatic carbocycles. The predicted octanol–water partition coefficient (Wildman–Crippen LogP) is 3.77. The third kappa shape index (κ3) is 4.86. The summed E-state index contributed by atoms with van der Waals surface area (Å²) in [5.41, 5.74) is 1.86. The summed E-state index contributed by atoms with van der Waals surface area (Å²) in [6.45, 7) is 3.17. The molecular weight excluding hydrogens is 364 g/mol. The average Bonchev–Trinajstić information content (AvgIpc) is 2.80. The number of benzene rings is 1. The molecule has 2 fully saturated rings. The van der Waals surface area contributed by atoms with Crippen molar-refractivity contribution in [3.63, 3.8) is 0 Å². The molecule has 6 nitrogen and oxygen atoms in total. The number of carbonyl (C=O) groups is 1. The van der Waals surface area contributed by atoms with Gasteiger partial charge in [-0.1, -0.05) is 19.3 Å². The van der Waals surface area contributed by atoms with E-state index in [0.717, 1.165) is 55.4 Å². The van der Waals surface area contributed by atoms with Crippen LogP contribution in [0.1, 0.15) is 38.5 Å². The van der Waals surface area contributed by atoms with Gasteiger partial charge in [-0.15, -0.1) is 10.2 Å². The van der Waals surface area contributed by atoms with E-state index >= 15 is 0 Å². The van der Waals surface area contributed by atoms with Gasteiger partial charge in [-0.05, 0) is 55.2 Å². The SMILES string of the molecule is COc1ccc(-c2ccc(N3CCN(C(=O)CC4CCCCC4)CC3)nn2)cc1. The summed E-state index contributed by atoms with van der Waals surface area (Å²) in [5, 5.41) is 8.82. The number of hydrogen-bond donors (Lipinski definition) is 0. The minimum Gasteiger partial charge on any atom is -0.497 e. The minimum absolute atomic E-state index is 0.331. The molecule has 6 heteroatoms. The van der Waals surface area contributed by atoms with Crippen molar-refractivity contribution in [1.82, 2.24) is 15.1 Å². The lowest BCUT2D eigenvalue weighted by molar-refractivity contribution is -0.132. The Morgan fingerprint density at radius 3 is 2.31 bits per heavy atom. The van der Waals surface area contributed by atoms with Gasteiger partial charge in [-0.3, -0.25) is 4.79 Å². The van der Waals surface area contributed by atoms with Gasteiger partial charge in [0, 0.05) is 38.2 Å². The number of methoxy groups -OCH3 is 1. The van der Waals surface area contributed by atoms with Gasteiger partial charge in [0.15, 0.2) is 5.82 Å². The number of anilines is 1. The quantitative estimate of drug-likeness (QED) is 0.773. The fraction of sp³-hybridized carbons (Fsp3) is 0.522. The maximum atomic E-state index is 12.6. The topological polar surface area (TPSA) is 58.6 Å². The Kier molecular flexibility index (Phi) is 6.27. The Balaban J connectivity index is 1.30. The average molecular weight is 395 g/mol. The maximum Gasteiger partial charge on any atom is 0.222 e. The third-order valence-electron chi connectivity index (χ3n) is 6.18. The van der Waals surface area contributed by atoms with Crippen LogP contribution < -0.4 is 9.64 Å². The van der Waals surface area contributed by atoms with Crippen LogP contribution in [0.5, 0.6) is 5.75 Å². The van der Waals surface area contributed by atoms with Gasteiger partial charge in [0.1, 0.15) is 5.75 Å². The highest BCUT2D eigenvalue weighted by Gasteiger charge is 2.25. The molecule has 1 aliphatic carbocycles. The van der Waals surface area contributed by atoms with Crippen LogP contribution >= 0.6 is 0 Å². The van der Waals surface area contributed by atoms with Gasteiger partial charge in [0.25, 0.3) is 0 Å². The van der Waals surface area contributed by atoms with Crippen LogP contribution in [0.4, 0.5) is 5.82 Å². The first-order chi connectivity index (χ1) is 14.2. The van der Waals surface area contributed by atoms with Gasteiger partial charge in [-0.2, -0.15) is 0 Å². The largest absolute Gasteiger partial charge is 0.497 e.